The van der Waals surface area contributed by atoms with Crippen molar-refractivity contribution in [3.8, 4) is 16.9 Å². The molecule has 5 rings (SSSR count). The number of hydrogen-bond donors (Lipinski definition) is 4. The Balaban J connectivity index is 1.33. The fourth-order valence-electron chi connectivity index (χ4n) is 6.55. The molecule has 0 aromatic heterocycles. The van der Waals surface area contributed by atoms with Crippen molar-refractivity contribution in [2.45, 2.75) is 70.4 Å². The highest BCUT2D eigenvalue weighted by Crippen LogP contribution is 2.48. The number of carbonyl (C=O) groups excluding carboxylic acids is 1. The molecule has 0 spiro atoms. The van der Waals surface area contributed by atoms with Gasteiger partial charge in [0.05, 0.1) is 18.8 Å². The summed E-state index contributed by atoms with van der Waals surface area (Å²) >= 11 is 0. The number of allylic oxidation sites excluding steroid dienone is 2. The topological polar surface area (TPSA) is 136 Å². The summed E-state index contributed by atoms with van der Waals surface area (Å²) in [6.45, 7) is 3.56. The largest absolute Gasteiger partial charge is 0.490 e. The van der Waals surface area contributed by atoms with Crippen LogP contribution in [0.3, 0.4) is 0 Å². The van der Waals surface area contributed by atoms with Gasteiger partial charge in [-0.3, -0.25) is 0 Å². The molecule has 3 fully saturated rings. The summed E-state index contributed by atoms with van der Waals surface area (Å²) in [6.07, 6.45) is 11.9. The highest BCUT2D eigenvalue weighted by Gasteiger charge is 2.44. The highest BCUT2D eigenvalue weighted by atomic mass is 16.5. The number of carbonyl (C=O) groups is 1. The van der Waals surface area contributed by atoms with Crippen molar-refractivity contribution in [3.63, 3.8) is 0 Å². The maximum Gasteiger partial charge on any atom is 0.341 e. The van der Waals surface area contributed by atoms with E-state index in [0.717, 1.165) is 48.0 Å². The van der Waals surface area contributed by atoms with Crippen molar-refractivity contribution >= 4 is 17.9 Å². The second-order valence-corrected chi connectivity index (χ2v) is 12.3. The first-order valence-electron chi connectivity index (χ1n) is 15.9. The number of methoxy groups -OCH3 is 1. The van der Waals surface area contributed by atoms with Crippen molar-refractivity contribution in [2.24, 2.45) is 29.3 Å². The lowest BCUT2D eigenvalue weighted by Gasteiger charge is -2.30. The minimum Gasteiger partial charge on any atom is -0.490 e. The summed E-state index contributed by atoms with van der Waals surface area (Å²) in [7, 11) is 1.33. The van der Waals surface area contributed by atoms with Crippen molar-refractivity contribution in [3.05, 3.63) is 71.7 Å². The first-order valence-corrected chi connectivity index (χ1v) is 15.9. The highest BCUT2D eigenvalue weighted by molar-refractivity contribution is 6.09. The Bertz CT molecular complexity index is 1360. The van der Waals surface area contributed by atoms with Gasteiger partial charge in [-0.15, -0.1) is 0 Å². The summed E-state index contributed by atoms with van der Waals surface area (Å²) in [6, 6.07) is 16.4. The Morgan fingerprint density at radius 3 is 2.45 bits per heavy atom. The second-order valence-electron chi connectivity index (χ2n) is 12.3. The number of esters is 1. The molecule has 3 atom stereocenters. The lowest BCUT2D eigenvalue weighted by atomic mass is 9.86. The summed E-state index contributed by atoms with van der Waals surface area (Å²) in [5.74, 6) is 7.16. The van der Waals surface area contributed by atoms with Crippen LogP contribution < -0.4 is 21.6 Å². The molecule has 2 aromatic carbocycles. The van der Waals surface area contributed by atoms with E-state index in [4.69, 9.17) is 31.2 Å². The third kappa shape index (κ3) is 7.81. The molecule has 0 bridgehead atoms. The van der Waals surface area contributed by atoms with Crippen LogP contribution in [0.1, 0.15) is 58.3 Å². The number of nitrogens with two attached hydrogens (primary N) is 2. The fourth-order valence-corrected chi connectivity index (χ4v) is 6.55. The van der Waals surface area contributed by atoms with Gasteiger partial charge < -0.3 is 35.7 Å². The first kappa shape index (κ1) is 31.6. The van der Waals surface area contributed by atoms with E-state index < -0.39 is 5.97 Å². The van der Waals surface area contributed by atoms with Gasteiger partial charge in [-0.2, -0.15) is 0 Å². The van der Waals surface area contributed by atoms with Gasteiger partial charge >= 0.3 is 5.97 Å². The monoisotopic (exact) mass is 601 g/mol. The minimum absolute atomic E-state index is 0.00818. The van der Waals surface area contributed by atoms with Crippen LogP contribution in [0.2, 0.25) is 0 Å². The molecule has 44 heavy (non-hydrogen) atoms. The average Bonchev–Trinajstić information content (AvgIpc) is 3.87. The van der Waals surface area contributed by atoms with Crippen molar-refractivity contribution in [2.75, 3.05) is 25.6 Å². The quantitative estimate of drug-likeness (QED) is 0.0767. The van der Waals surface area contributed by atoms with E-state index in [0.29, 0.717) is 30.5 Å². The molecule has 1 aliphatic heterocycles. The van der Waals surface area contributed by atoms with Gasteiger partial charge in [0.1, 0.15) is 5.75 Å². The van der Waals surface area contributed by atoms with Crippen molar-refractivity contribution in [1.82, 2.24) is 5.01 Å². The third-order valence-electron chi connectivity index (χ3n) is 9.28. The molecule has 3 aliphatic rings. The first-order chi connectivity index (χ1) is 21.4. The molecule has 0 radical (unpaired) electrons. The summed E-state index contributed by atoms with van der Waals surface area (Å²) in [5, 5.41) is 13.2. The van der Waals surface area contributed by atoms with Gasteiger partial charge in [-0.05, 0) is 80.3 Å². The number of hydrogen-bond acceptors (Lipinski definition) is 9. The number of nitrogens with zero attached hydrogens (tertiary/aromatic N) is 1. The summed E-state index contributed by atoms with van der Waals surface area (Å²) < 4.78 is 16.9. The van der Waals surface area contributed by atoms with Crippen LogP contribution in [-0.4, -0.2) is 49.7 Å². The molecular weight excluding hydrogens is 554 g/mol. The van der Waals surface area contributed by atoms with Gasteiger partial charge in [-0.25, -0.2) is 10.6 Å². The predicted octanol–water partition coefficient (Wildman–Crippen LogP) is 5.98. The molecule has 0 amide bonds. The maximum absolute atomic E-state index is 12.7. The van der Waals surface area contributed by atoms with Crippen LogP contribution >= 0.6 is 0 Å². The maximum atomic E-state index is 12.7. The molecule has 2 unspecified atom stereocenters. The van der Waals surface area contributed by atoms with Crippen LogP contribution in [0.4, 0.5) is 5.69 Å². The standard InChI is InChI=1S/C35H47N5O4/c1-23(24-8-4-3-5-9-24)44-29-13-7-11-26(19-29)25-10-6-12-27(18-25)39-34(32(21-36)35(41)42-2)31-20-30(31)33(37)22-40(38)28-14-16-43-17-15-28/h6-7,10-13,18-19,21-24,28,30-31,36,39H,3-5,8-9,14-17,20,37-38H2,1-2H3/b33-22-,34-32+,36-21?/t23?,30?,31-/m1/s1. The Morgan fingerprint density at radius 2 is 1.75 bits per heavy atom. The minimum atomic E-state index is -0.563. The van der Waals surface area contributed by atoms with Gasteiger partial charge in [0.25, 0.3) is 0 Å². The van der Waals surface area contributed by atoms with Crippen LogP contribution in [0.5, 0.6) is 5.75 Å². The summed E-state index contributed by atoms with van der Waals surface area (Å²) in [5.41, 5.74) is 10.9. The van der Waals surface area contributed by atoms with E-state index >= 15 is 0 Å². The van der Waals surface area contributed by atoms with E-state index in [9.17, 15) is 4.79 Å². The Hall–Kier alpha value is -3.82. The molecule has 236 valence electrons. The molecule has 9 nitrogen and oxygen atoms in total. The van der Waals surface area contributed by atoms with Gasteiger partial charge in [0.15, 0.2) is 0 Å². The van der Waals surface area contributed by atoms with E-state index in [1.165, 1.54) is 39.2 Å². The normalized spacial score (nSPS) is 22.4. The van der Waals surface area contributed by atoms with Crippen LogP contribution in [0.25, 0.3) is 11.1 Å². The van der Waals surface area contributed by atoms with Crippen LogP contribution in [0, 0.1) is 23.2 Å². The van der Waals surface area contributed by atoms with Gasteiger partial charge in [-0.1, -0.05) is 43.5 Å². The van der Waals surface area contributed by atoms with E-state index in [-0.39, 0.29) is 29.6 Å². The molecule has 9 heteroatoms. The molecule has 2 aromatic rings. The number of ether oxygens (including phenoxy) is 3. The number of hydrazine groups is 1. The molecule has 1 saturated heterocycles. The number of rotatable bonds is 12. The molecule has 6 N–H and O–H groups in total. The SMILES string of the molecule is COC(=O)/C(C=N)=C(/Nc1cccc(-c2cccc(OC(C)C3CCCCC3)c2)c1)[C@@H]1CC1/C(N)=C/N(N)C1CCOCC1. The van der Waals surface area contributed by atoms with E-state index in [2.05, 4.69) is 30.4 Å². The lowest BCUT2D eigenvalue weighted by Crippen LogP contribution is -2.41. The zero-order chi connectivity index (χ0) is 31.1. The van der Waals surface area contributed by atoms with Gasteiger partial charge in [0.2, 0.25) is 0 Å². The Kier molecular flexibility index (Phi) is 10.6. The Morgan fingerprint density at radius 1 is 1.05 bits per heavy atom. The zero-order valence-corrected chi connectivity index (χ0v) is 26.0. The van der Waals surface area contributed by atoms with Gasteiger partial charge in [0, 0.05) is 60.6 Å². The number of benzene rings is 2. The number of anilines is 1. The molecule has 2 aliphatic carbocycles. The van der Waals surface area contributed by atoms with E-state index in [1.54, 1.807) is 5.01 Å². The van der Waals surface area contributed by atoms with Crippen molar-refractivity contribution in [1.29, 1.82) is 5.41 Å². The predicted molar refractivity (Wildman–Crippen MR) is 174 cm³/mol. The van der Waals surface area contributed by atoms with Crippen molar-refractivity contribution < 1.29 is 19.0 Å². The molecule has 2 saturated carbocycles. The molecule has 1 heterocycles. The van der Waals surface area contributed by atoms with E-state index in [1.807, 2.05) is 36.5 Å². The third-order valence-corrected chi connectivity index (χ3v) is 9.28. The number of nitrogens with one attached hydrogen (secondary N) is 2. The lowest BCUT2D eigenvalue weighted by molar-refractivity contribution is -0.135. The van der Waals surface area contributed by atoms with Crippen LogP contribution in [0.15, 0.2) is 71.7 Å². The smallest absolute Gasteiger partial charge is 0.341 e. The average molecular weight is 602 g/mol. The molecular formula is C35H47N5O4. The van der Waals surface area contributed by atoms with Crippen LogP contribution in [-0.2, 0) is 14.3 Å². The zero-order valence-electron chi connectivity index (χ0n) is 26.0. The fraction of sp³-hybridized carbons (Fsp3) is 0.486. The second kappa shape index (κ2) is 14.8. The summed E-state index contributed by atoms with van der Waals surface area (Å²) in [4.78, 5) is 12.7. The Labute approximate surface area is 261 Å².